The average molecular weight is 258 g/mol. The second-order valence-corrected chi connectivity index (χ2v) is 4.55. The summed E-state index contributed by atoms with van der Waals surface area (Å²) in [6.07, 6.45) is -0.309. The van der Waals surface area contributed by atoms with Gasteiger partial charge in [0.2, 0.25) is 0 Å². The maximum absolute atomic E-state index is 10.5. The van der Waals surface area contributed by atoms with Crippen LogP contribution in [0, 0.1) is 0 Å². The van der Waals surface area contributed by atoms with Crippen molar-refractivity contribution in [2.24, 2.45) is 0 Å². The summed E-state index contributed by atoms with van der Waals surface area (Å²) in [4.78, 5) is 10.5. The topological polar surface area (TPSA) is 57.5 Å². The average Bonchev–Trinajstić information content (AvgIpc) is 1.86. The van der Waals surface area contributed by atoms with Gasteiger partial charge in [0.05, 0.1) is 6.10 Å². The summed E-state index contributed by atoms with van der Waals surface area (Å²) in [7, 11) is 0. The second-order valence-electron chi connectivity index (χ2n) is 2.30. The van der Waals surface area contributed by atoms with E-state index in [-0.39, 0.29) is 0 Å². The number of alkyl halides is 1. The van der Waals surface area contributed by atoms with E-state index < -0.39 is 15.5 Å². The maximum atomic E-state index is 10.5. The second kappa shape index (κ2) is 3.52. The summed E-state index contributed by atoms with van der Waals surface area (Å²) >= 11 is 1.74. The Morgan fingerprint density at radius 3 is 2.30 bits per heavy atom. The summed E-state index contributed by atoms with van der Waals surface area (Å²) in [6.45, 7) is 3.26. The van der Waals surface area contributed by atoms with E-state index in [2.05, 4.69) is 0 Å². The molecule has 2 atom stereocenters. The fourth-order valence-electron chi connectivity index (χ4n) is 0.526. The molecule has 0 spiro atoms. The van der Waals surface area contributed by atoms with Crippen molar-refractivity contribution in [1.82, 2.24) is 0 Å². The summed E-state index contributed by atoms with van der Waals surface area (Å²) in [6, 6.07) is 0. The van der Waals surface area contributed by atoms with Crippen LogP contribution in [0.15, 0.2) is 0 Å². The van der Waals surface area contributed by atoms with Gasteiger partial charge in [0, 0.05) is 0 Å². The first-order valence-corrected chi connectivity index (χ1v) is 4.11. The molecule has 0 saturated carbocycles. The van der Waals surface area contributed by atoms with E-state index in [4.69, 9.17) is 10.2 Å². The van der Waals surface area contributed by atoms with Gasteiger partial charge in [-0.1, -0.05) is 29.5 Å². The predicted octanol–water partition coefficient (Wildman–Crippen LogP) is 1.04. The van der Waals surface area contributed by atoms with Gasteiger partial charge in [-0.2, -0.15) is 0 Å². The van der Waals surface area contributed by atoms with Gasteiger partial charge in [0.25, 0.3) is 0 Å². The molecule has 0 aromatic rings. The van der Waals surface area contributed by atoms with Crippen LogP contribution in [0.3, 0.4) is 0 Å². The third-order valence-electron chi connectivity index (χ3n) is 1.43. The van der Waals surface area contributed by atoms with Crippen LogP contribution in [0.4, 0.5) is 0 Å². The molecule has 0 aliphatic rings. The first-order valence-electron chi connectivity index (χ1n) is 3.03. The van der Waals surface area contributed by atoms with E-state index in [1.807, 2.05) is 0 Å². The van der Waals surface area contributed by atoms with Crippen molar-refractivity contribution < 1.29 is 15.0 Å². The highest BCUT2D eigenvalue weighted by Gasteiger charge is 2.36. The number of halogens is 1. The smallest absolute Gasteiger partial charge is 0.321 e. The highest BCUT2D eigenvalue weighted by Crippen LogP contribution is 2.24. The minimum Gasteiger partial charge on any atom is -0.480 e. The number of aliphatic hydroxyl groups excluding tert-OH is 1. The van der Waals surface area contributed by atoms with Crippen LogP contribution >= 0.6 is 22.6 Å². The lowest BCUT2D eigenvalue weighted by Crippen LogP contribution is -2.40. The largest absolute Gasteiger partial charge is 0.480 e. The third-order valence-corrected chi connectivity index (χ3v) is 2.61. The van der Waals surface area contributed by atoms with E-state index in [0.29, 0.717) is 6.42 Å². The molecule has 0 amide bonds. The summed E-state index contributed by atoms with van der Waals surface area (Å²) in [5, 5.41) is 17.7. The van der Waals surface area contributed by atoms with Crippen LogP contribution < -0.4 is 0 Å². The van der Waals surface area contributed by atoms with Crippen molar-refractivity contribution in [3.05, 3.63) is 0 Å². The van der Waals surface area contributed by atoms with Gasteiger partial charge >= 0.3 is 5.97 Å². The van der Waals surface area contributed by atoms with Crippen molar-refractivity contribution in [3.63, 3.8) is 0 Å². The molecular weight excluding hydrogens is 247 g/mol. The molecule has 4 heteroatoms. The Bertz CT molecular complexity index is 133. The molecule has 60 valence electrons. The SMILES string of the molecule is CC[C@@H](O)[C@@](C)(I)C(=O)O. The Morgan fingerprint density at radius 1 is 1.80 bits per heavy atom. The zero-order chi connectivity index (χ0) is 8.36. The van der Waals surface area contributed by atoms with Gasteiger partial charge in [0.15, 0.2) is 0 Å². The van der Waals surface area contributed by atoms with Crippen LogP contribution in [-0.4, -0.2) is 25.7 Å². The van der Waals surface area contributed by atoms with Crippen LogP contribution in [0.5, 0.6) is 0 Å². The maximum Gasteiger partial charge on any atom is 0.321 e. The fraction of sp³-hybridized carbons (Fsp3) is 0.833. The molecule has 0 aliphatic heterocycles. The van der Waals surface area contributed by atoms with Gasteiger partial charge in [-0.3, -0.25) is 4.79 Å². The Hall–Kier alpha value is 0.160. The Labute approximate surface area is 73.6 Å². The molecule has 0 unspecified atom stereocenters. The van der Waals surface area contributed by atoms with E-state index >= 15 is 0 Å². The number of rotatable bonds is 3. The predicted molar refractivity (Wildman–Crippen MR) is 46.4 cm³/mol. The Morgan fingerprint density at radius 2 is 2.20 bits per heavy atom. The zero-order valence-corrected chi connectivity index (χ0v) is 8.12. The number of hydrogen-bond acceptors (Lipinski definition) is 2. The fourth-order valence-corrected chi connectivity index (χ4v) is 0.966. The molecule has 2 N–H and O–H groups in total. The zero-order valence-electron chi connectivity index (χ0n) is 5.97. The monoisotopic (exact) mass is 258 g/mol. The van der Waals surface area contributed by atoms with Crippen molar-refractivity contribution in [1.29, 1.82) is 0 Å². The molecule has 0 bridgehead atoms. The molecule has 0 rings (SSSR count). The van der Waals surface area contributed by atoms with Gasteiger partial charge < -0.3 is 10.2 Å². The van der Waals surface area contributed by atoms with E-state index in [0.717, 1.165) is 0 Å². The first-order chi connectivity index (χ1) is 4.42. The van der Waals surface area contributed by atoms with Crippen molar-refractivity contribution in [2.45, 2.75) is 29.8 Å². The lowest BCUT2D eigenvalue weighted by molar-refractivity contribution is -0.141. The first kappa shape index (κ1) is 10.2. The van der Waals surface area contributed by atoms with Gasteiger partial charge in [0.1, 0.15) is 3.42 Å². The molecule has 0 saturated heterocycles. The van der Waals surface area contributed by atoms with Crippen LogP contribution in [0.2, 0.25) is 0 Å². The standard InChI is InChI=1S/C6H11IO3/c1-3-4(8)6(2,7)5(9)10/h4,8H,3H2,1-2H3,(H,9,10)/t4-,6-/m1/s1. The molecule has 0 aliphatic carbocycles. The normalized spacial score (nSPS) is 19.6. The van der Waals surface area contributed by atoms with Gasteiger partial charge in [-0.25, -0.2) is 0 Å². The lowest BCUT2D eigenvalue weighted by atomic mass is 10.0. The lowest BCUT2D eigenvalue weighted by Gasteiger charge is -2.22. The molecular formula is C6H11IO3. The highest BCUT2D eigenvalue weighted by molar-refractivity contribution is 14.1. The molecule has 3 nitrogen and oxygen atoms in total. The Balaban J connectivity index is 4.23. The molecule has 0 fully saturated rings. The van der Waals surface area contributed by atoms with Crippen molar-refractivity contribution in [2.75, 3.05) is 0 Å². The minimum atomic E-state index is -1.05. The number of aliphatic hydroxyl groups is 1. The quantitative estimate of drug-likeness (QED) is 0.587. The van der Waals surface area contributed by atoms with E-state index in [1.165, 1.54) is 6.92 Å². The van der Waals surface area contributed by atoms with Crippen LogP contribution in [-0.2, 0) is 4.79 Å². The number of carbonyl (C=O) groups is 1. The van der Waals surface area contributed by atoms with Gasteiger partial charge in [-0.05, 0) is 13.3 Å². The number of aliphatic carboxylic acids is 1. The summed E-state index contributed by atoms with van der Waals surface area (Å²) < 4.78 is -1.05. The third kappa shape index (κ3) is 2.09. The van der Waals surface area contributed by atoms with E-state index in [9.17, 15) is 4.79 Å². The molecule has 10 heavy (non-hydrogen) atoms. The van der Waals surface area contributed by atoms with Gasteiger partial charge in [-0.15, -0.1) is 0 Å². The molecule has 0 aromatic heterocycles. The van der Waals surface area contributed by atoms with E-state index in [1.54, 1.807) is 29.5 Å². The molecule has 0 radical (unpaired) electrons. The number of hydrogen-bond donors (Lipinski definition) is 2. The molecule has 0 aromatic carbocycles. The number of carboxylic acid groups (broad SMARTS) is 1. The summed E-state index contributed by atoms with van der Waals surface area (Å²) in [5.41, 5.74) is 0. The van der Waals surface area contributed by atoms with Crippen molar-refractivity contribution in [3.8, 4) is 0 Å². The molecule has 0 heterocycles. The Kier molecular flexibility index (Phi) is 3.58. The summed E-state index contributed by atoms with van der Waals surface area (Å²) in [5.74, 6) is -0.970. The van der Waals surface area contributed by atoms with Crippen molar-refractivity contribution >= 4 is 28.6 Å². The minimum absolute atomic E-state index is 0.464. The highest BCUT2D eigenvalue weighted by atomic mass is 127. The van der Waals surface area contributed by atoms with Crippen LogP contribution in [0.1, 0.15) is 20.3 Å². The van der Waals surface area contributed by atoms with Crippen LogP contribution in [0.25, 0.3) is 0 Å². The number of carboxylic acids is 1.